The monoisotopic (exact) mass is 288 g/mol. The number of carbonyl (C=O) groups excluding carboxylic acids is 1. The van der Waals surface area contributed by atoms with Crippen molar-refractivity contribution in [3.63, 3.8) is 0 Å². The van der Waals surface area contributed by atoms with Crippen LogP contribution in [0.4, 0.5) is 0 Å². The van der Waals surface area contributed by atoms with E-state index in [0.29, 0.717) is 6.42 Å². The van der Waals surface area contributed by atoms with E-state index in [1.807, 2.05) is 30.3 Å². The van der Waals surface area contributed by atoms with Gasteiger partial charge >= 0.3 is 0 Å². The number of hydrogen-bond acceptors (Lipinski definition) is 2. The van der Waals surface area contributed by atoms with Crippen LogP contribution < -0.4 is 11.1 Å². The Kier molecular flexibility index (Phi) is 6.24. The lowest BCUT2D eigenvalue weighted by atomic mass is 9.81. The largest absolute Gasteiger partial charge is 0.356 e. The van der Waals surface area contributed by atoms with Gasteiger partial charge in [0.05, 0.1) is 0 Å². The van der Waals surface area contributed by atoms with Gasteiger partial charge in [0.15, 0.2) is 0 Å². The molecule has 3 heteroatoms. The van der Waals surface area contributed by atoms with Gasteiger partial charge in [-0.1, -0.05) is 62.9 Å². The maximum atomic E-state index is 11.9. The van der Waals surface area contributed by atoms with Crippen molar-refractivity contribution in [2.75, 3.05) is 6.54 Å². The van der Waals surface area contributed by atoms with Crippen molar-refractivity contribution in [2.45, 2.75) is 51.5 Å². The molecule has 0 saturated heterocycles. The summed E-state index contributed by atoms with van der Waals surface area (Å²) in [6.07, 6.45) is 6.81. The minimum absolute atomic E-state index is 0.0653. The van der Waals surface area contributed by atoms with E-state index >= 15 is 0 Å². The standard InChI is InChI=1S/C18H28N2O/c1-14-7-9-15(10-8-14)11-12-20-18(21)13-17(19)16-5-3-2-4-6-16/h2-6,14-15,17H,7-13,19H2,1H3,(H,20,21). The highest BCUT2D eigenvalue weighted by Gasteiger charge is 2.18. The Balaban J connectivity index is 1.63. The van der Waals surface area contributed by atoms with Crippen molar-refractivity contribution < 1.29 is 4.79 Å². The molecule has 1 unspecified atom stereocenters. The number of carbonyl (C=O) groups is 1. The number of hydrogen-bond donors (Lipinski definition) is 2. The van der Waals surface area contributed by atoms with Crippen molar-refractivity contribution in [3.8, 4) is 0 Å². The summed E-state index contributed by atoms with van der Waals surface area (Å²) in [5.74, 6) is 1.75. The van der Waals surface area contributed by atoms with Crippen LogP contribution in [-0.4, -0.2) is 12.5 Å². The van der Waals surface area contributed by atoms with Gasteiger partial charge < -0.3 is 11.1 Å². The molecule has 1 aliphatic carbocycles. The molecular weight excluding hydrogens is 260 g/mol. The van der Waals surface area contributed by atoms with Gasteiger partial charge in [0, 0.05) is 19.0 Å². The van der Waals surface area contributed by atoms with Gasteiger partial charge in [-0.05, 0) is 23.8 Å². The van der Waals surface area contributed by atoms with Crippen LogP contribution in [0, 0.1) is 11.8 Å². The first-order chi connectivity index (χ1) is 10.1. The average molecular weight is 288 g/mol. The zero-order valence-electron chi connectivity index (χ0n) is 13.1. The third-order valence-corrected chi connectivity index (χ3v) is 4.64. The SMILES string of the molecule is CC1CCC(CCNC(=O)CC(N)c2ccccc2)CC1. The Morgan fingerprint density at radius 2 is 1.90 bits per heavy atom. The third-order valence-electron chi connectivity index (χ3n) is 4.64. The molecule has 3 N–H and O–H groups in total. The number of nitrogens with two attached hydrogens (primary N) is 1. The second kappa shape index (κ2) is 8.18. The van der Waals surface area contributed by atoms with Gasteiger partial charge in [-0.25, -0.2) is 0 Å². The first-order valence-corrected chi connectivity index (χ1v) is 8.22. The average Bonchev–Trinajstić information content (AvgIpc) is 2.50. The molecule has 0 aliphatic heterocycles. The van der Waals surface area contributed by atoms with Crippen LogP contribution in [0.25, 0.3) is 0 Å². The molecule has 0 heterocycles. The first kappa shape index (κ1) is 16.0. The molecule has 1 atom stereocenters. The summed E-state index contributed by atoms with van der Waals surface area (Å²) < 4.78 is 0. The molecular formula is C18H28N2O. The van der Waals surface area contributed by atoms with E-state index in [2.05, 4.69) is 12.2 Å². The van der Waals surface area contributed by atoms with Crippen molar-refractivity contribution in [1.82, 2.24) is 5.32 Å². The fourth-order valence-electron chi connectivity index (χ4n) is 3.12. The van der Waals surface area contributed by atoms with E-state index in [0.717, 1.165) is 30.4 Å². The van der Waals surface area contributed by atoms with Gasteiger partial charge in [-0.3, -0.25) is 4.79 Å². The van der Waals surface area contributed by atoms with E-state index < -0.39 is 0 Å². The fourth-order valence-corrected chi connectivity index (χ4v) is 3.12. The van der Waals surface area contributed by atoms with Crippen LogP contribution >= 0.6 is 0 Å². The third kappa shape index (κ3) is 5.50. The molecule has 1 saturated carbocycles. The second-order valence-electron chi connectivity index (χ2n) is 6.49. The van der Waals surface area contributed by atoms with Gasteiger partial charge in [-0.15, -0.1) is 0 Å². The Labute approximate surface area is 128 Å². The van der Waals surface area contributed by atoms with Crippen molar-refractivity contribution >= 4 is 5.91 Å². The molecule has 1 fully saturated rings. The minimum atomic E-state index is -0.207. The molecule has 0 aromatic heterocycles. The van der Waals surface area contributed by atoms with Crippen LogP contribution in [0.2, 0.25) is 0 Å². The van der Waals surface area contributed by atoms with Crippen LogP contribution in [0.15, 0.2) is 30.3 Å². The molecule has 1 aromatic rings. The Morgan fingerprint density at radius 1 is 1.24 bits per heavy atom. The minimum Gasteiger partial charge on any atom is -0.356 e. The molecule has 21 heavy (non-hydrogen) atoms. The maximum absolute atomic E-state index is 11.9. The lowest BCUT2D eigenvalue weighted by molar-refractivity contribution is -0.121. The van der Waals surface area contributed by atoms with Crippen LogP contribution in [-0.2, 0) is 4.79 Å². The quantitative estimate of drug-likeness (QED) is 0.843. The van der Waals surface area contributed by atoms with E-state index in [1.54, 1.807) is 0 Å². The van der Waals surface area contributed by atoms with E-state index in [4.69, 9.17) is 5.73 Å². The Hall–Kier alpha value is -1.35. The van der Waals surface area contributed by atoms with Crippen LogP contribution in [0.1, 0.15) is 57.1 Å². The number of rotatable bonds is 6. The van der Waals surface area contributed by atoms with Gasteiger partial charge in [0.25, 0.3) is 0 Å². The highest BCUT2D eigenvalue weighted by Crippen LogP contribution is 2.29. The summed E-state index contributed by atoms with van der Waals surface area (Å²) in [6, 6.07) is 9.61. The van der Waals surface area contributed by atoms with Crippen molar-refractivity contribution in [1.29, 1.82) is 0 Å². The van der Waals surface area contributed by atoms with E-state index in [1.165, 1.54) is 25.7 Å². The topological polar surface area (TPSA) is 55.1 Å². The zero-order chi connectivity index (χ0) is 15.1. The second-order valence-corrected chi connectivity index (χ2v) is 6.49. The molecule has 0 spiro atoms. The van der Waals surface area contributed by atoms with E-state index in [9.17, 15) is 4.79 Å². The lowest BCUT2D eigenvalue weighted by Crippen LogP contribution is -2.29. The van der Waals surface area contributed by atoms with Crippen LogP contribution in [0.3, 0.4) is 0 Å². The summed E-state index contributed by atoms with van der Waals surface area (Å²) >= 11 is 0. The summed E-state index contributed by atoms with van der Waals surface area (Å²) in [6.45, 7) is 3.13. The molecule has 116 valence electrons. The molecule has 0 radical (unpaired) electrons. The van der Waals surface area contributed by atoms with Gasteiger partial charge in [0.2, 0.25) is 5.91 Å². The number of amides is 1. The predicted octanol–water partition coefficient (Wildman–Crippen LogP) is 3.41. The number of benzene rings is 1. The van der Waals surface area contributed by atoms with Crippen molar-refractivity contribution in [2.24, 2.45) is 17.6 Å². The van der Waals surface area contributed by atoms with E-state index in [-0.39, 0.29) is 11.9 Å². The Bertz CT molecular complexity index is 424. The normalized spacial score (nSPS) is 23.5. The molecule has 2 rings (SSSR count). The molecule has 0 bridgehead atoms. The van der Waals surface area contributed by atoms with Crippen molar-refractivity contribution in [3.05, 3.63) is 35.9 Å². The maximum Gasteiger partial charge on any atom is 0.221 e. The highest BCUT2D eigenvalue weighted by atomic mass is 16.1. The molecule has 1 amide bonds. The van der Waals surface area contributed by atoms with Crippen LogP contribution in [0.5, 0.6) is 0 Å². The first-order valence-electron chi connectivity index (χ1n) is 8.22. The Morgan fingerprint density at radius 3 is 2.57 bits per heavy atom. The summed E-state index contributed by atoms with van der Waals surface area (Å²) in [4.78, 5) is 11.9. The zero-order valence-corrected chi connectivity index (χ0v) is 13.1. The van der Waals surface area contributed by atoms with Gasteiger partial charge in [-0.2, -0.15) is 0 Å². The van der Waals surface area contributed by atoms with Gasteiger partial charge in [0.1, 0.15) is 0 Å². The lowest BCUT2D eigenvalue weighted by Gasteiger charge is -2.26. The fraction of sp³-hybridized carbons (Fsp3) is 0.611. The summed E-state index contributed by atoms with van der Waals surface area (Å²) in [5, 5.41) is 3.02. The summed E-state index contributed by atoms with van der Waals surface area (Å²) in [7, 11) is 0. The predicted molar refractivity (Wildman–Crippen MR) is 86.7 cm³/mol. The molecule has 1 aromatic carbocycles. The number of nitrogens with one attached hydrogen (secondary N) is 1. The molecule has 3 nitrogen and oxygen atoms in total. The highest BCUT2D eigenvalue weighted by molar-refractivity contribution is 5.76. The summed E-state index contributed by atoms with van der Waals surface area (Å²) in [5.41, 5.74) is 7.09. The smallest absolute Gasteiger partial charge is 0.221 e. The molecule has 1 aliphatic rings.